The molecule has 0 heterocycles. The number of benzene rings is 1. The van der Waals surface area contributed by atoms with E-state index >= 15 is 0 Å². The molecule has 1 aromatic carbocycles. The van der Waals surface area contributed by atoms with E-state index in [0.717, 1.165) is 18.6 Å². The minimum atomic E-state index is -4.33. The second-order valence-electron chi connectivity index (χ2n) is 4.77. The standard InChI is InChI=1S/C14H20F3NO/c1-4-13(18)8-19-10(3)11-5-9(2)6-12(7-11)14(15,16)17/h5-7,10,13H,4,8,18H2,1-3H3. The molecular formula is C14H20F3NO. The van der Waals surface area contributed by atoms with Crippen LogP contribution in [0.3, 0.4) is 0 Å². The van der Waals surface area contributed by atoms with Crippen LogP contribution in [0.4, 0.5) is 13.2 Å². The van der Waals surface area contributed by atoms with Crippen LogP contribution in [0.25, 0.3) is 0 Å². The van der Waals surface area contributed by atoms with Crippen LogP contribution in [0.15, 0.2) is 18.2 Å². The van der Waals surface area contributed by atoms with Gasteiger partial charge in [0, 0.05) is 6.04 Å². The van der Waals surface area contributed by atoms with Crippen molar-refractivity contribution < 1.29 is 17.9 Å². The first-order valence-electron chi connectivity index (χ1n) is 6.30. The van der Waals surface area contributed by atoms with Crippen molar-refractivity contribution in [3.05, 3.63) is 34.9 Å². The molecule has 5 heteroatoms. The van der Waals surface area contributed by atoms with E-state index in [1.165, 1.54) is 0 Å². The van der Waals surface area contributed by atoms with Gasteiger partial charge in [0.05, 0.1) is 18.3 Å². The molecule has 0 bridgehead atoms. The highest BCUT2D eigenvalue weighted by Gasteiger charge is 2.31. The second-order valence-corrected chi connectivity index (χ2v) is 4.77. The summed E-state index contributed by atoms with van der Waals surface area (Å²) in [5.74, 6) is 0. The molecule has 0 saturated carbocycles. The van der Waals surface area contributed by atoms with Crippen LogP contribution in [-0.4, -0.2) is 12.6 Å². The van der Waals surface area contributed by atoms with Gasteiger partial charge < -0.3 is 10.5 Å². The molecule has 19 heavy (non-hydrogen) atoms. The number of rotatable bonds is 5. The molecule has 1 aromatic rings. The number of ether oxygens (including phenoxy) is 1. The second kappa shape index (κ2) is 6.39. The first kappa shape index (κ1) is 16.0. The van der Waals surface area contributed by atoms with Crippen LogP contribution >= 0.6 is 0 Å². The third-order valence-corrected chi connectivity index (χ3v) is 2.98. The Morgan fingerprint density at radius 3 is 2.42 bits per heavy atom. The van der Waals surface area contributed by atoms with Gasteiger partial charge in [-0.05, 0) is 38.0 Å². The van der Waals surface area contributed by atoms with Crippen molar-refractivity contribution in [3.8, 4) is 0 Å². The van der Waals surface area contributed by atoms with Crippen molar-refractivity contribution in [2.45, 2.75) is 45.5 Å². The van der Waals surface area contributed by atoms with Gasteiger partial charge >= 0.3 is 6.18 Å². The van der Waals surface area contributed by atoms with Gasteiger partial charge in [0.1, 0.15) is 0 Å². The van der Waals surface area contributed by atoms with E-state index < -0.39 is 17.8 Å². The monoisotopic (exact) mass is 275 g/mol. The average molecular weight is 275 g/mol. The largest absolute Gasteiger partial charge is 0.416 e. The van der Waals surface area contributed by atoms with Crippen LogP contribution in [0.1, 0.15) is 43.1 Å². The van der Waals surface area contributed by atoms with Crippen molar-refractivity contribution in [1.29, 1.82) is 0 Å². The van der Waals surface area contributed by atoms with Crippen LogP contribution in [0, 0.1) is 6.92 Å². The molecular weight excluding hydrogens is 255 g/mol. The van der Waals surface area contributed by atoms with Gasteiger partial charge in [-0.25, -0.2) is 0 Å². The van der Waals surface area contributed by atoms with E-state index in [1.54, 1.807) is 19.9 Å². The first-order chi connectivity index (χ1) is 8.74. The lowest BCUT2D eigenvalue weighted by molar-refractivity contribution is -0.137. The third-order valence-electron chi connectivity index (χ3n) is 2.98. The topological polar surface area (TPSA) is 35.2 Å². The molecule has 0 spiro atoms. The summed E-state index contributed by atoms with van der Waals surface area (Å²) in [5.41, 5.74) is 6.18. The summed E-state index contributed by atoms with van der Waals surface area (Å²) < 4.78 is 43.7. The molecule has 2 nitrogen and oxygen atoms in total. The van der Waals surface area contributed by atoms with Gasteiger partial charge in [0.2, 0.25) is 0 Å². The van der Waals surface area contributed by atoms with E-state index in [0.29, 0.717) is 17.7 Å². The van der Waals surface area contributed by atoms with Gasteiger partial charge in [0.15, 0.2) is 0 Å². The van der Waals surface area contributed by atoms with E-state index in [9.17, 15) is 13.2 Å². The molecule has 108 valence electrons. The fraction of sp³-hybridized carbons (Fsp3) is 0.571. The maximum absolute atomic E-state index is 12.7. The average Bonchev–Trinajstić information content (AvgIpc) is 2.33. The zero-order chi connectivity index (χ0) is 14.6. The van der Waals surface area contributed by atoms with E-state index in [4.69, 9.17) is 10.5 Å². The number of aryl methyl sites for hydroxylation is 1. The molecule has 2 atom stereocenters. The van der Waals surface area contributed by atoms with Crippen molar-refractivity contribution in [3.63, 3.8) is 0 Å². The Labute approximate surface area is 111 Å². The van der Waals surface area contributed by atoms with Crippen molar-refractivity contribution in [2.75, 3.05) is 6.61 Å². The minimum absolute atomic E-state index is 0.0886. The summed E-state index contributed by atoms with van der Waals surface area (Å²) in [7, 11) is 0. The van der Waals surface area contributed by atoms with Crippen LogP contribution in [-0.2, 0) is 10.9 Å². The van der Waals surface area contributed by atoms with Gasteiger partial charge in [-0.2, -0.15) is 13.2 Å². The minimum Gasteiger partial charge on any atom is -0.372 e. The van der Waals surface area contributed by atoms with Gasteiger partial charge in [0.25, 0.3) is 0 Å². The number of hydrogen-bond donors (Lipinski definition) is 1. The Morgan fingerprint density at radius 2 is 1.89 bits per heavy atom. The molecule has 1 rings (SSSR count). The van der Waals surface area contributed by atoms with E-state index in [2.05, 4.69) is 0 Å². The Bertz CT molecular complexity index is 418. The summed E-state index contributed by atoms with van der Waals surface area (Å²) in [4.78, 5) is 0. The molecule has 0 aromatic heterocycles. The highest BCUT2D eigenvalue weighted by atomic mass is 19.4. The lowest BCUT2D eigenvalue weighted by Crippen LogP contribution is -2.25. The maximum Gasteiger partial charge on any atom is 0.416 e. The summed E-state index contributed by atoms with van der Waals surface area (Å²) in [6.07, 6.45) is -3.96. The summed E-state index contributed by atoms with van der Waals surface area (Å²) >= 11 is 0. The molecule has 0 aliphatic rings. The molecule has 2 N–H and O–H groups in total. The van der Waals surface area contributed by atoms with Crippen molar-refractivity contribution in [2.24, 2.45) is 5.73 Å². The maximum atomic E-state index is 12.7. The smallest absolute Gasteiger partial charge is 0.372 e. The predicted octanol–water partition coefficient (Wildman–Crippen LogP) is 3.83. The lowest BCUT2D eigenvalue weighted by Gasteiger charge is -2.18. The van der Waals surface area contributed by atoms with Gasteiger partial charge in [-0.1, -0.05) is 18.6 Å². The summed E-state index contributed by atoms with van der Waals surface area (Å²) in [6, 6.07) is 3.88. The zero-order valence-electron chi connectivity index (χ0n) is 11.4. The predicted molar refractivity (Wildman–Crippen MR) is 68.8 cm³/mol. The molecule has 0 fully saturated rings. The van der Waals surface area contributed by atoms with Crippen LogP contribution < -0.4 is 5.73 Å². The summed E-state index contributed by atoms with van der Waals surface area (Å²) in [5, 5.41) is 0. The highest BCUT2D eigenvalue weighted by molar-refractivity contribution is 5.32. The zero-order valence-corrected chi connectivity index (χ0v) is 11.4. The van der Waals surface area contributed by atoms with E-state index in [1.807, 2.05) is 6.92 Å². The van der Waals surface area contributed by atoms with Gasteiger partial charge in [-0.15, -0.1) is 0 Å². The summed E-state index contributed by atoms with van der Waals surface area (Å²) in [6.45, 7) is 5.65. The lowest BCUT2D eigenvalue weighted by atomic mass is 10.0. The van der Waals surface area contributed by atoms with Crippen molar-refractivity contribution >= 4 is 0 Å². The van der Waals surface area contributed by atoms with E-state index in [-0.39, 0.29) is 6.04 Å². The highest BCUT2D eigenvalue weighted by Crippen LogP contribution is 2.32. The molecule has 0 aliphatic carbocycles. The normalized spacial score (nSPS) is 15.3. The fourth-order valence-corrected chi connectivity index (χ4v) is 1.69. The molecule has 2 unspecified atom stereocenters. The fourth-order valence-electron chi connectivity index (χ4n) is 1.69. The Morgan fingerprint density at radius 1 is 1.26 bits per heavy atom. The number of halogens is 3. The van der Waals surface area contributed by atoms with Gasteiger partial charge in [-0.3, -0.25) is 0 Å². The SMILES string of the molecule is CCC(N)COC(C)c1cc(C)cc(C(F)(F)F)c1. The quantitative estimate of drug-likeness (QED) is 0.886. The molecule has 0 amide bonds. The van der Waals surface area contributed by atoms with Crippen molar-refractivity contribution in [1.82, 2.24) is 0 Å². The molecule has 0 saturated heterocycles. The number of hydrogen-bond acceptors (Lipinski definition) is 2. The first-order valence-corrected chi connectivity index (χ1v) is 6.30. The van der Waals surface area contributed by atoms with Crippen LogP contribution in [0.2, 0.25) is 0 Å². The number of alkyl halides is 3. The molecule has 0 aliphatic heterocycles. The molecule has 0 radical (unpaired) electrons. The third kappa shape index (κ3) is 4.84. The van der Waals surface area contributed by atoms with Crippen LogP contribution in [0.5, 0.6) is 0 Å². The Kier molecular flexibility index (Phi) is 5.38. The Balaban J connectivity index is 2.85. The Hall–Kier alpha value is -1.07. The number of nitrogens with two attached hydrogens (primary N) is 1.